The van der Waals surface area contributed by atoms with Crippen LogP contribution in [0.5, 0.6) is 0 Å². The summed E-state index contributed by atoms with van der Waals surface area (Å²) < 4.78 is 30.9. The second kappa shape index (κ2) is 9.13. The molecule has 0 aliphatic heterocycles. The van der Waals surface area contributed by atoms with E-state index in [-0.39, 0.29) is 15.7 Å². The highest BCUT2D eigenvalue weighted by Gasteiger charge is 2.25. The van der Waals surface area contributed by atoms with Crippen molar-refractivity contribution in [3.05, 3.63) is 53.3 Å². The van der Waals surface area contributed by atoms with Gasteiger partial charge in [-0.2, -0.15) is 4.31 Å². The van der Waals surface area contributed by atoms with Gasteiger partial charge >= 0.3 is 5.97 Å². The van der Waals surface area contributed by atoms with Gasteiger partial charge in [0.25, 0.3) is 5.91 Å². The van der Waals surface area contributed by atoms with Crippen molar-refractivity contribution in [3.8, 4) is 0 Å². The van der Waals surface area contributed by atoms with E-state index in [0.29, 0.717) is 0 Å². The Morgan fingerprint density at radius 1 is 1.25 bits per heavy atom. The second-order valence-corrected chi connectivity index (χ2v) is 8.44. The maximum Gasteiger partial charge on any atom is 0.322 e. The number of benzene rings is 1. The standard InChI is InChI=1S/C18H20ClN3O5S/c1-12-6-8-14(9-7-12)28(25,26)22(3)11-16(23)27-13(2)18(24)21-15-5-4-10-20-17(15)19/h4-10,13H,11H2,1-3H3,(H,21,24)/t13-/m0/s1. The minimum Gasteiger partial charge on any atom is -0.452 e. The fraction of sp³-hybridized carbons (Fsp3) is 0.278. The predicted molar refractivity (Wildman–Crippen MR) is 104 cm³/mol. The summed E-state index contributed by atoms with van der Waals surface area (Å²) in [6.45, 7) is 2.66. The zero-order valence-corrected chi connectivity index (χ0v) is 17.1. The lowest BCUT2D eigenvalue weighted by molar-refractivity contribution is -0.153. The zero-order valence-electron chi connectivity index (χ0n) is 15.5. The number of ether oxygens (including phenoxy) is 1. The fourth-order valence-electron chi connectivity index (χ4n) is 2.16. The SMILES string of the molecule is Cc1ccc(S(=O)(=O)N(C)CC(=O)O[C@@H](C)C(=O)Nc2cccnc2Cl)cc1. The molecule has 0 radical (unpaired) electrons. The summed E-state index contributed by atoms with van der Waals surface area (Å²) in [5, 5.41) is 2.58. The van der Waals surface area contributed by atoms with Crippen LogP contribution in [0.1, 0.15) is 12.5 Å². The summed E-state index contributed by atoms with van der Waals surface area (Å²) in [7, 11) is -2.59. The smallest absolute Gasteiger partial charge is 0.322 e. The van der Waals surface area contributed by atoms with Crippen molar-refractivity contribution in [2.24, 2.45) is 0 Å². The first-order valence-corrected chi connectivity index (χ1v) is 10.1. The van der Waals surface area contributed by atoms with Gasteiger partial charge in [0.1, 0.15) is 6.54 Å². The monoisotopic (exact) mass is 425 g/mol. The highest BCUT2D eigenvalue weighted by molar-refractivity contribution is 7.89. The molecule has 0 fully saturated rings. The number of aromatic nitrogens is 1. The lowest BCUT2D eigenvalue weighted by Crippen LogP contribution is -2.37. The number of carbonyl (C=O) groups excluding carboxylic acids is 2. The van der Waals surface area contributed by atoms with Crippen LogP contribution in [0.3, 0.4) is 0 Å². The minimum absolute atomic E-state index is 0.0606. The molecular formula is C18H20ClN3O5S. The van der Waals surface area contributed by atoms with E-state index in [1.165, 1.54) is 32.3 Å². The van der Waals surface area contributed by atoms with Crippen LogP contribution in [0.25, 0.3) is 0 Å². The molecule has 10 heteroatoms. The number of likely N-dealkylation sites (N-methyl/N-ethyl adjacent to an activating group) is 1. The number of amides is 1. The number of nitrogens with zero attached hydrogens (tertiary/aromatic N) is 2. The fourth-order valence-corrected chi connectivity index (χ4v) is 3.44. The molecule has 1 aromatic carbocycles. The topological polar surface area (TPSA) is 106 Å². The third kappa shape index (κ3) is 5.51. The number of esters is 1. The number of anilines is 1. The average molecular weight is 426 g/mol. The summed E-state index contributed by atoms with van der Waals surface area (Å²) >= 11 is 5.86. The van der Waals surface area contributed by atoms with Crippen LogP contribution >= 0.6 is 11.6 Å². The lowest BCUT2D eigenvalue weighted by atomic mass is 10.2. The first-order valence-electron chi connectivity index (χ1n) is 8.25. The molecule has 1 amide bonds. The molecule has 28 heavy (non-hydrogen) atoms. The molecule has 0 aliphatic carbocycles. The van der Waals surface area contributed by atoms with Crippen molar-refractivity contribution in [1.82, 2.24) is 9.29 Å². The Hall–Kier alpha value is -2.49. The quantitative estimate of drug-likeness (QED) is 0.538. The number of halogens is 1. The molecule has 0 saturated carbocycles. The molecule has 0 aliphatic rings. The molecule has 1 aromatic heterocycles. The van der Waals surface area contributed by atoms with E-state index >= 15 is 0 Å². The van der Waals surface area contributed by atoms with Crippen LogP contribution in [-0.4, -0.2) is 49.3 Å². The molecule has 1 heterocycles. The Morgan fingerprint density at radius 2 is 1.89 bits per heavy atom. The Kier molecular flexibility index (Phi) is 7.11. The van der Waals surface area contributed by atoms with E-state index in [0.717, 1.165) is 9.87 Å². The van der Waals surface area contributed by atoms with E-state index in [4.69, 9.17) is 16.3 Å². The van der Waals surface area contributed by atoms with Crippen LogP contribution in [0.15, 0.2) is 47.5 Å². The molecule has 2 rings (SSSR count). The van der Waals surface area contributed by atoms with Crippen LogP contribution < -0.4 is 5.32 Å². The highest BCUT2D eigenvalue weighted by atomic mass is 35.5. The van der Waals surface area contributed by atoms with Crippen molar-refractivity contribution >= 4 is 39.2 Å². The number of nitrogens with one attached hydrogen (secondary N) is 1. The van der Waals surface area contributed by atoms with Crippen LogP contribution in [0.4, 0.5) is 5.69 Å². The highest BCUT2D eigenvalue weighted by Crippen LogP contribution is 2.18. The number of carbonyl (C=O) groups is 2. The van der Waals surface area contributed by atoms with Gasteiger partial charge in [0.2, 0.25) is 10.0 Å². The molecule has 1 N–H and O–H groups in total. The predicted octanol–water partition coefficient (Wildman–Crippen LogP) is 2.23. The Bertz CT molecular complexity index is 963. The number of aryl methyl sites for hydroxylation is 1. The van der Waals surface area contributed by atoms with Crippen LogP contribution in [-0.2, 0) is 24.3 Å². The molecule has 2 aromatic rings. The van der Waals surface area contributed by atoms with Crippen LogP contribution in [0, 0.1) is 6.92 Å². The lowest BCUT2D eigenvalue weighted by Gasteiger charge is -2.18. The summed E-state index contributed by atoms with van der Waals surface area (Å²) in [5.74, 6) is -1.48. The number of rotatable bonds is 7. The molecule has 0 unspecified atom stereocenters. The summed E-state index contributed by atoms with van der Waals surface area (Å²) in [5.41, 5.74) is 1.19. The third-order valence-electron chi connectivity index (χ3n) is 3.78. The maximum atomic E-state index is 12.5. The van der Waals surface area contributed by atoms with Gasteiger partial charge in [-0.25, -0.2) is 13.4 Å². The van der Waals surface area contributed by atoms with Gasteiger partial charge in [-0.3, -0.25) is 9.59 Å². The first kappa shape index (κ1) is 21.8. The van der Waals surface area contributed by atoms with Gasteiger partial charge in [-0.15, -0.1) is 0 Å². The van der Waals surface area contributed by atoms with Gasteiger partial charge in [0.15, 0.2) is 11.3 Å². The van der Waals surface area contributed by atoms with Gasteiger partial charge in [0.05, 0.1) is 10.6 Å². The van der Waals surface area contributed by atoms with E-state index < -0.39 is 34.5 Å². The van der Waals surface area contributed by atoms with Crippen molar-refractivity contribution in [2.45, 2.75) is 24.8 Å². The normalized spacial score (nSPS) is 12.5. The summed E-state index contributed by atoms with van der Waals surface area (Å²) in [4.78, 5) is 28.1. The summed E-state index contributed by atoms with van der Waals surface area (Å²) in [6.07, 6.45) is 0.311. The van der Waals surface area contributed by atoms with E-state index in [1.807, 2.05) is 6.92 Å². The number of hydrogen-bond acceptors (Lipinski definition) is 6. The zero-order chi connectivity index (χ0) is 20.9. The summed E-state index contributed by atoms with van der Waals surface area (Å²) in [6, 6.07) is 9.37. The third-order valence-corrected chi connectivity index (χ3v) is 5.89. The van der Waals surface area contributed by atoms with Crippen LogP contribution in [0.2, 0.25) is 5.15 Å². The Labute approximate surface area is 168 Å². The van der Waals surface area contributed by atoms with E-state index in [9.17, 15) is 18.0 Å². The molecule has 0 saturated heterocycles. The number of sulfonamides is 1. The molecular weight excluding hydrogens is 406 g/mol. The largest absolute Gasteiger partial charge is 0.452 e. The van der Waals surface area contributed by atoms with Gasteiger partial charge in [-0.05, 0) is 38.1 Å². The number of hydrogen-bond donors (Lipinski definition) is 1. The second-order valence-electron chi connectivity index (χ2n) is 6.04. The molecule has 0 bridgehead atoms. The molecule has 1 atom stereocenters. The molecule has 8 nitrogen and oxygen atoms in total. The number of pyridine rings is 1. The van der Waals surface area contributed by atoms with Crippen molar-refractivity contribution < 1.29 is 22.7 Å². The van der Waals surface area contributed by atoms with Gasteiger partial charge in [-0.1, -0.05) is 29.3 Å². The van der Waals surface area contributed by atoms with E-state index in [2.05, 4.69) is 10.3 Å². The molecule has 150 valence electrons. The van der Waals surface area contributed by atoms with Crippen molar-refractivity contribution in [3.63, 3.8) is 0 Å². The molecule has 0 spiro atoms. The van der Waals surface area contributed by atoms with Gasteiger partial charge < -0.3 is 10.1 Å². The van der Waals surface area contributed by atoms with E-state index in [1.54, 1.807) is 24.3 Å². The first-order chi connectivity index (χ1) is 13.1. The van der Waals surface area contributed by atoms with Crippen molar-refractivity contribution in [1.29, 1.82) is 0 Å². The minimum atomic E-state index is -3.85. The Morgan fingerprint density at radius 3 is 2.50 bits per heavy atom. The van der Waals surface area contributed by atoms with Crippen molar-refractivity contribution in [2.75, 3.05) is 18.9 Å². The van der Waals surface area contributed by atoms with Gasteiger partial charge in [0, 0.05) is 13.2 Å². The maximum absolute atomic E-state index is 12.5. The Balaban J connectivity index is 1.95. The average Bonchev–Trinajstić information content (AvgIpc) is 2.63.